The molecule has 1 aliphatic carbocycles. The van der Waals surface area contributed by atoms with Gasteiger partial charge in [0, 0.05) is 11.1 Å². The number of hydrogen-bond acceptors (Lipinski definition) is 5. The number of nitrogens with zero attached hydrogens (tertiary/aromatic N) is 4. The van der Waals surface area contributed by atoms with Crippen LogP contribution in [0.15, 0.2) is 29.1 Å². The lowest BCUT2D eigenvalue weighted by Gasteiger charge is -2.27. The Morgan fingerprint density at radius 3 is 3.00 bits per heavy atom. The van der Waals surface area contributed by atoms with Crippen molar-refractivity contribution < 1.29 is 0 Å². The van der Waals surface area contributed by atoms with Crippen molar-refractivity contribution in [2.24, 2.45) is 5.92 Å². The van der Waals surface area contributed by atoms with Crippen molar-refractivity contribution >= 4 is 28.5 Å². The minimum Gasteiger partial charge on any atom is -0.364 e. The van der Waals surface area contributed by atoms with Gasteiger partial charge in [0.25, 0.3) is 5.56 Å². The summed E-state index contributed by atoms with van der Waals surface area (Å²) in [5, 5.41) is 19.2. The van der Waals surface area contributed by atoms with Gasteiger partial charge in [0.1, 0.15) is 0 Å². The maximum atomic E-state index is 12.4. The average Bonchev–Trinajstić information content (AvgIpc) is 3.04. The molecule has 1 fully saturated rings. The van der Waals surface area contributed by atoms with Crippen molar-refractivity contribution in [2.45, 2.75) is 45.2 Å². The number of fused-ring (bicyclic) bond motifs is 1. The van der Waals surface area contributed by atoms with Crippen LogP contribution in [0.4, 0.5) is 5.82 Å². The summed E-state index contributed by atoms with van der Waals surface area (Å²) < 4.78 is 1.58. The van der Waals surface area contributed by atoms with E-state index in [1.54, 1.807) is 4.68 Å². The summed E-state index contributed by atoms with van der Waals surface area (Å²) in [5.74, 6) is 1.28. The minimum atomic E-state index is -0.306. The predicted octanol–water partition coefficient (Wildman–Crippen LogP) is 3.21. The molecule has 2 N–H and O–H groups in total. The SMILES string of the molecule is C[C@H]1CCC[C@H](Nc2n[nH]c(=O)c3c2nnn3Cc2ccccc2Cl)C1. The lowest BCUT2D eigenvalue weighted by molar-refractivity contribution is 0.358. The molecule has 1 aliphatic rings. The van der Waals surface area contributed by atoms with Gasteiger partial charge in [-0.1, -0.05) is 54.8 Å². The molecule has 0 unspecified atom stereocenters. The molecule has 26 heavy (non-hydrogen) atoms. The number of aromatic nitrogens is 5. The van der Waals surface area contributed by atoms with Crippen LogP contribution in [0.1, 0.15) is 38.2 Å². The fourth-order valence-corrected chi connectivity index (χ4v) is 3.86. The van der Waals surface area contributed by atoms with Gasteiger partial charge in [-0.2, -0.15) is 5.10 Å². The maximum absolute atomic E-state index is 12.4. The first kappa shape index (κ1) is 17.0. The van der Waals surface area contributed by atoms with Gasteiger partial charge >= 0.3 is 0 Å². The second-order valence-corrected chi connectivity index (χ2v) is 7.46. The normalized spacial score (nSPS) is 20.4. The third-order valence-corrected chi connectivity index (χ3v) is 5.37. The molecule has 0 saturated heterocycles. The Morgan fingerprint density at radius 1 is 1.35 bits per heavy atom. The van der Waals surface area contributed by atoms with Gasteiger partial charge in [-0.15, -0.1) is 5.10 Å². The first-order chi connectivity index (χ1) is 12.6. The number of anilines is 1. The fraction of sp³-hybridized carbons (Fsp3) is 0.444. The van der Waals surface area contributed by atoms with E-state index in [-0.39, 0.29) is 5.56 Å². The molecule has 2 atom stereocenters. The van der Waals surface area contributed by atoms with E-state index >= 15 is 0 Å². The monoisotopic (exact) mass is 372 g/mol. The number of benzene rings is 1. The van der Waals surface area contributed by atoms with E-state index < -0.39 is 0 Å². The van der Waals surface area contributed by atoms with Gasteiger partial charge in [0.2, 0.25) is 0 Å². The molecule has 0 radical (unpaired) electrons. The molecule has 1 aromatic carbocycles. The maximum Gasteiger partial charge on any atom is 0.292 e. The Morgan fingerprint density at radius 2 is 2.19 bits per heavy atom. The van der Waals surface area contributed by atoms with Crippen LogP contribution in [0, 0.1) is 5.92 Å². The highest BCUT2D eigenvalue weighted by atomic mass is 35.5. The van der Waals surface area contributed by atoms with Crippen LogP contribution in [0.2, 0.25) is 5.02 Å². The zero-order valence-corrected chi connectivity index (χ0v) is 15.3. The molecule has 136 valence electrons. The zero-order chi connectivity index (χ0) is 18.1. The van der Waals surface area contributed by atoms with Crippen LogP contribution in [0.25, 0.3) is 11.0 Å². The van der Waals surface area contributed by atoms with Gasteiger partial charge in [-0.3, -0.25) is 4.79 Å². The molecule has 0 bridgehead atoms. The summed E-state index contributed by atoms with van der Waals surface area (Å²) in [7, 11) is 0. The first-order valence-electron chi connectivity index (χ1n) is 8.93. The highest BCUT2D eigenvalue weighted by Crippen LogP contribution is 2.27. The standard InChI is InChI=1S/C18H21ClN6O/c1-11-5-4-7-13(9-11)20-17-15-16(18(26)23-22-17)25(24-21-15)10-12-6-2-3-8-14(12)19/h2-3,6,8,11,13H,4-5,7,9-10H2,1H3,(H,20,22)(H,23,26)/t11-,13-/m0/s1. The zero-order valence-electron chi connectivity index (χ0n) is 14.6. The van der Waals surface area contributed by atoms with Crippen LogP contribution in [0.3, 0.4) is 0 Å². The summed E-state index contributed by atoms with van der Waals surface area (Å²) in [4.78, 5) is 12.4. The van der Waals surface area contributed by atoms with Crippen LogP contribution >= 0.6 is 11.6 Å². The Bertz CT molecular complexity index is 981. The van der Waals surface area contributed by atoms with Crippen molar-refractivity contribution in [2.75, 3.05) is 5.32 Å². The van der Waals surface area contributed by atoms with E-state index in [1.165, 1.54) is 12.8 Å². The molecule has 0 aliphatic heterocycles. The Balaban J connectivity index is 1.67. The Hall–Kier alpha value is -2.41. The topological polar surface area (TPSA) is 88.5 Å². The third kappa shape index (κ3) is 3.31. The summed E-state index contributed by atoms with van der Waals surface area (Å²) in [6, 6.07) is 7.85. The van der Waals surface area contributed by atoms with E-state index in [9.17, 15) is 4.79 Å². The number of hydrogen-bond donors (Lipinski definition) is 2. The summed E-state index contributed by atoms with van der Waals surface area (Å²) in [5.41, 5.74) is 1.48. The van der Waals surface area contributed by atoms with Gasteiger partial charge in [-0.05, 0) is 30.4 Å². The van der Waals surface area contributed by atoms with Crippen LogP contribution in [0.5, 0.6) is 0 Å². The number of halogens is 1. The molecule has 1 saturated carbocycles. The average molecular weight is 373 g/mol. The lowest BCUT2D eigenvalue weighted by Crippen LogP contribution is -2.27. The summed E-state index contributed by atoms with van der Waals surface area (Å²) in [6.45, 7) is 2.65. The summed E-state index contributed by atoms with van der Waals surface area (Å²) in [6.07, 6.45) is 4.65. The van der Waals surface area contributed by atoms with Crippen LogP contribution in [-0.4, -0.2) is 31.2 Å². The molecule has 2 aromatic heterocycles. The van der Waals surface area contributed by atoms with Gasteiger partial charge in [0.05, 0.1) is 6.54 Å². The molecular formula is C18H21ClN6O. The molecule has 7 nitrogen and oxygen atoms in total. The van der Waals surface area contributed by atoms with Crippen molar-refractivity contribution in [3.05, 3.63) is 45.2 Å². The van der Waals surface area contributed by atoms with Crippen molar-refractivity contribution in [3.63, 3.8) is 0 Å². The van der Waals surface area contributed by atoms with Crippen LogP contribution in [-0.2, 0) is 6.54 Å². The van der Waals surface area contributed by atoms with Crippen molar-refractivity contribution in [1.29, 1.82) is 0 Å². The molecule has 2 heterocycles. The molecule has 3 aromatic rings. The fourth-order valence-electron chi connectivity index (χ4n) is 3.67. The van der Waals surface area contributed by atoms with Crippen molar-refractivity contribution in [1.82, 2.24) is 25.2 Å². The smallest absolute Gasteiger partial charge is 0.292 e. The molecule has 0 spiro atoms. The Kier molecular flexibility index (Phi) is 4.63. The second-order valence-electron chi connectivity index (χ2n) is 7.05. The Labute approximate surface area is 155 Å². The van der Waals surface area contributed by atoms with Gasteiger partial charge in [0.15, 0.2) is 16.9 Å². The van der Waals surface area contributed by atoms with Gasteiger partial charge in [-0.25, -0.2) is 9.78 Å². The minimum absolute atomic E-state index is 0.306. The highest BCUT2D eigenvalue weighted by molar-refractivity contribution is 6.31. The molecule has 4 rings (SSSR count). The largest absolute Gasteiger partial charge is 0.364 e. The molecule has 8 heteroatoms. The molecule has 0 amide bonds. The van der Waals surface area contributed by atoms with Gasteiger partial charge < -0.3 is 5.32 Å². The van der Waals surface area contributed by atoms with E-state index in [2.05, 4.69) is 32.7 Å². The number of nitrogens with one attached hydrogen (secondary N) is 2. The van der Waals surface area contributed by atoms with Crippen LogP contribution < -0.4 is 10.9 Å². The van der Waals surface area contributed by atoms with E-state index in [1.807, 2.05) is 24.3 Å². The third-order valence-electron chi connectivity index (χ3n) is 5.00. The highest BCUT2D eigenvalue weighted by Gasteiger charge is 2.22. The number of aromatic amines is 1. The number of rotatable bonds is 4. The summed E-state index contributed by atoms with van der Waals surface area (Å²) >= 11 is 6.23. The van der Waals surface area contributed by atoms with E-state index in [4.69, 9.17) is 11.6 Å². The predicted molar refractivity (Wildman–Crippen MR) is 102 cm³/mol. The quantitative estimate of drug-likeness (QED) is 0.734. The first-order valence-corrected chi connectivity index (χ1v) is 9.31. The second kappa shape index (κ2) is 7.07. The van der Waals surface area contributed by atoms with E-state index in [0.717, 1.165) is 18.4 Å². The number of H-pyrrole nitrogens is 1. The lowest BCUT2D eigenvalue weighted by atomic mass is 9.87. The van der Waals surface area contributed by atoms with E-state index in [0.29, 0.717) is 40.4 Å². The molecular weight excluding hydrogens is 352 g/mol. The van der Waals surface area contributed by atoms with Crippen molar-refractivity contribution in [3.8, 4) is 0 Å².